The van der Waals surface area contributed by atoms with Gasteiger partial charge in [-0.25, -0.2) is 0 Å². The fourth-order valence-electron chi connectivity index (χ4n) is 1.84. The van der Waals surface area contributed by atoms with Crippen LogP contribution in [-0.2, 0) is 13.1 Å². The van der Waals surface area contributed by atoms with Gasteiger partial charge in [0.05, 0.1) is 0 Å². The van der Waals surface area contributed by atoms with Crippen LogP contribution in [0.5, 0.6) is 0 Å². The summed E-state index contributed by atoms with van der Waals surface area (Å²) < 4.78 is 1.11. The summed E-state index contributed by atoms with van der Waals surface area (Å²) in [6.45, 7) is 3.67. The average Bonchev–Trinajstić information content (AvgIpc) is 2.94. The van der Waals surface area contributed by atoms with Crippen molar-refractivity contribution in [2.45, 2.75) is 20.0 Å². The average molecular weight is 480 g/mol. The molecule has 0 saturated heterocycles. The van der Waals surface area contributed by atoms with Gasteiger partial charge in [0.25, 0.3) is 0 Å². The number of aliphatic imine (C=N–C) groups is 1. The minimum absolute atomic E-state index is 0. The van der Waals surface area contributed by atoms with Crippen LogP contribution in [0.4, 0.5) is 0 Å². The van der Waals surface area contributed by atoms with E-state index in [1.807, 2.05) is 0 Å². The minimum Gasteiger partial charge on any atom is -0.352 e. The third-order valence-corrected chi connectivity index (χ3v) is 4.24. The van der Waals surface area contributed by atoms with E-state index in [9.17, 15) is 0 Å². The van der Waals surface area contributed by atoms with E-state index < -0.39 is 0 Å². The zero-order valence-corrected chi connectivity index (χ0v) is 16.8. The molecule has 6 heteroatoms. The predicted molar refractivity (Wildman–Crippen MR) is 106 cm³/mol. The molecule has 21 heavy (non-hydrogen) atoms. The van der Waals surface area contributed by atoms with E-state index in [1.54, 1.807) is 18.4 Å². The van der Waals surface area contributed by atoms with E-state index in [0.29, 0.717) is 0 Å². The number of aryl methyl sites for hydroxylation is 1. The van der Waals surface area contributed by atoms with Crippen molar-refractivity contribution in [3.05, 3.63) is 56.2 Å². The number of thiophene rings is 1. The van der Waals surface area contributed by atoms with Gasteiger partial charge >= 0.3 is 0 Å². The molecule has 1 aromatic heterocycles. The maximum atomic E-state index is 4.24. The number of halogens is 2. The van der Waals surface area contributed by atoms with Crippen molar-refractivity contribution in [2.24, 2.45) is 4.99 Å². The monoisotopic (exact) mass is 479 g/mol. The SMILES string of the molecule is CN=C(NCc1ccsc1)NCc1ccc(Br)cc1C.I. The van der Waals surface area contributed by atoms with E-state index in [-0.39, 0.29) is 24.0 Å². The highest BCUT2D eigenvalue weighted by atomic mass is 127. The number of hydrogen-bond acceptors (Lipinski definition) is 2. The van der Waals surface area contributed by atoms with E-state index in [0.717, 1.165) is 23.5 Å². The highest BCUT2D eigenvalue weighted by Gasteiger charge is 2.02. The van der Waals surface area contributed by atoms with Crippen molar-refractivity contribution < 1.29 is 0 Å². The Hall–Kier alpha value is -0.600. The smallest absolute Gasteiger partial charge is 0.191 e. The third-order valence-electron chi connectivity index (χ3n) is 3.01. The Kier molecular flexibility index (Phi) is 8.28. The van der Waals surface area contributed by atoms with Crippen molar-refractivity contribution >= 4 is 57.2 Å². The van der Waals surface area contributed by atoms with Crippen molar-refractivity contribution in [3.8, 4) is 0 Å². The van der Waals surface area contributed by atoms with Crippen LogP contribution in [0.2, 0.25) is 0 Å². The zero-order valence-electron chi connectivity index (χ0n) is 12.0. The number of benzene rings is 1. The molecule has 114 valence electrons. The fraction of sp³-hybridized carbons (Fsp3) is 0.267. The molecule has 0 unspecified atom stereocenters. The van der Waals surface area contributed by atoms with Gasteiger partial charge in [0.15, 0.2) is 5.96 Å². The maximum absolute atomic E-state index is 4.24. The fourth-order valence-corrected chi connectivity index (χ4v) is 2.98. The number of rotatable bonds is 4. The first-order chi connectivity index (χ1) is 9.69. The van der Waals surface area contributed by atoms with E-state index in [1.165, 1.54) is 16.7 Å². The largest absolute Gasteiger partial charge is 0.352 e. The van der Waals surface area contributed by atoms with Gasteiger partial charge in [0, 0.05) is 24.6 Å². The molecule has 2 aromatic rings. The summed E-state index contributed by atoms with van der Waals surface area (Å²) in [5.41, 5.74) is 3.81. The van der Waals surface area contributed by atoms with Crippen LogP contribution in [0.3, 0.4) is 0 Å². The molecule has 0 fully saturated rings. The van der Waals surface area contributed by atoms with Crippen molar-refractivity contribution in [2.75, 3.05) is 7.05 Å². The van der Waals surface area contributed by atoms with Gasteiger partial charge in [-0.2, -0.15) is 11.3 Å². The molecule has 0 spiro atoms. The minimum atomic E-state index is 0. The first-order valence-electron chi connectivity index (χ1n) is 6.39. The summed E-state index contributed by atoms with van der Waals surface area (Å²) in [5.74, 6) is 0.818. The summed E-state index contributed by atoms with van der Waals surface area (Å²) in [4.78, 5) is 4.24. The Morgan fingerprint density at radius 3 is 2.62 bits per heavy atom. The Balaban J connectivity index is 0.00000220. The van der Waals surface area contributed by atoms with Gasteiger partial charge < -0.3 is 10.6 Å². The topological polar surface area (TPSA) is 36.4 Å². The van der Waals surface area contributed by atoms with Crippen LogP contribution in [0.15, 0.2) is 44.5 Å². The second-order valence-corrected chi connectivity index (χ2v) is 6.18. The molecular weight excluding hydrogens is 461 g/mol. The molecule has 0 bridgehead atoms. The molecule has 0 amide bonds. The van der Waals surface area contributed by atoms with Crippen LogP contribution in [-0.4, -0.2) is 13.0 Å². The van der Waals surface area contributed by atoms with Gasteiger partial charge in [-0.1, -0.05) is 22.0 Å². The van der Waals surface area contributed by atoms with Crippen molar-refractivity contribution in [1.82, 2.24) is 10.6 Å². The highest BCUT2D eigenvalue weighted by molar-refractivity contribution is 14.0. The molecule has 0 radical (unpaired) electrons. The van der Waals surface area contributed by atoms with Gasteiger partial charge in [-0.3, -0.25) is 4.99 Å². The van der Waals surface area contributed by atoms with Gasteiger partial charge in [0.2, 0.25) is 0 Å². The van der Waals surface area contributed by atoms with Gasteiger partial charge in [-0.15, -0.1) is 24.0 Å². The molecule has 0 saturated carbocycles. The summed E-state index contributed by atoms with van der Waals surface area (Å²) in [7, 11) is 1.79. The molecule has 0 atom stereocenters. The zero-order chi connectivity index (χ0) is 14.4. The summed E-state index contributed by atoms with van der Waals surface area (Å²) in [6, 6.07) is 8.42. The third kappa shape index (κ3) is 5.96. The van der Waals surface area contributed by atoms with E-state index >= 15 is 0 Å². The van der Waals surface area contributed by atoms with Crippen LogP contribution in [0, 0.1) is 6.92 Å². The Bertz CT molecular complexity index is 585. The second kappa shape index (κ2) is 9.42. The molecule has 1 heterocycles. The van der Waals surface area contributed by atoms with Crippen molar-refractivity contribution in [1.29, 1.82) is 0 Å². The van der Waals surface area contributed by atoms with E-state index in [2.05, 4.69) is 73.5 Å². The molecule has 1 aromatic carbocycles. The molecular formula is C15H19BrIN3S. The quantitative estimate of drug-likeness (QED) is 0.389. The van der Waals surface area contributed by atoms with Crippen LogP contribution >= 0.6 is 51.2 Å². The summed E-state index contributed by atoms with van der Waals surface area (Å²) in [5, 5.41) is 10.9. The van der Waals surface area contributed by atoms with Crippen LogP contribution < -0.4 is 10.6 Å². The number of guanidine groups is 1. The van der Waals surface area contributed by atoms with Crippen LogP contribution in [0.25, 0.3) is 0 Å². The first-order valence-corrected chi connectivity index (χ1v) is 8.13. The van der Waals surface area contributed by atoms with E-state index in [4.69, 9.17) is 0 Å². The molecule has 0 aliphatic heterocycles. The first kappa shape index (κ1) is 18.4. The normalized spacial score (nSPS) is 10.9. The lowest BCUT2D eigenvalue weighted by Crippen LogP contribution is -2.36. The second-order valence-electron chi connectivity index (χ2n) is 4.48. The summed E-state index contributed by atoms with van der Waals surface area (Å²) >= 11 is 5.19. The number of hydrogen-bond donors (Lipinski definition) is 2. The summed E-state index contributed by atoms with van der Waals surface area (Å²) in [6.07, 6.45) is 0. The Morgan fingerprint density at radius 1 is 1.24 bits per heavy atom. The molecule has 0 aliphatic carbocycles. The lowest BCUT2D eigenvalue weighted by Gasteiger charge is -2.13. The maximum Gasteiger partial charge on any atom is 0.191 e. The van der Waals surface area contributed by atoms with Crippen LogP contribution in [0.1, 0.15) is 16.7 Å². The lowest BCUT2D eigenvalue weighted by atomic mass is 10.1. The Morgan fingerprint density at radius 2 is 2.00 bits per heavy atom. The number of nitrogens with zero attached hydrogens (tertiary/aromatic N) is 1. The molecule has 2 rings (SSSR count). The number of nitrogens with one attached hydrogen (secondary N) is 2. The van der Waals surface area contributed by atoms with Gasteiger partial charge in [-0.05, 0) is 52.6 Å². The molecule has 2 N–H and O–H groups in total. The molecule has 0 aliphatic rings. The van der Waals surface area contributed by atoms with Crippen molar-refractivity contribution in [3.63, 3.8) is 0 Å². The standard InChI is InChI=1S/C15H18BrN3S.HI/c1-11-7-14(16)4-3-13(11)9-19-15(17-2)18-8-12-5-6-20-10-12;/h3-7,10H,8-9H2,1-2H3,(H2,17,18,19);1H. The lowest BCUT2D eigenvalue weighted by molar-refractivity contribution is 0.807. The molecule has 3 nitrogen and oxygen atoms in total. The van der Waals surface area contributed by atoms with Gasteiger partial charge in [0.1, 0.15) is 0 Å². The highest BCUT2D eigenvalue weighted by Crippen LogP contribution is 2.15. The predicted octanol–water partition coefficient (Wildman–Crippen LogP) is 4.30. The Labute approximate surface area is 155 Å².